The summed E-state index contributed by atoms with van der Waals surface area (Å²) in [6, 6.07) is 0. The van der Waals surface area contributed by atoms with Crippen LogP contribution in [0.5, 0.6) is 0 Å². The van der Waals surface area contributed by atoms with E-state index in [4.69, 9.17) is 4.74 Å². The molecule has 2 aliphatic carbocycles. The van der Waals surface area contributed by atoms with Gasteiger partial charge in [0, 0.05) is 25.0 Å². The first-order valence-corrected chi connectivity index (χ1v) is 9.85. The standard InChI is InChI=1S/C19H30N2O3/c22-17(15-7-4-8-24-18(23)20-11-15)21-12-19(13-21)9-16(10-19)14-5-2-1-3-6-14/h14-16H,1-13H2,(H,20,23)/t15-/m1/s1. The van der Waals surface area contributed by atoms with Crippen molar-refractivity contribution < 1.29 is 14.3 Å². The molecule has 1 N–H and O–H groups in total. The Morgan fingerprint density at radius 1 is 1.04 bits per heavy atom. The lowest BCUT2D eigenvalue weighted by Gasteiger charge is -2.61. The quantitative estimate of drug-likeness (QED) is 0.845. The van der Waals surface area contributed by atoms with Crippen LogP contribution < -0.4 is 5.32 Å². The van der Waals surface area contributed by atoms with Gasteiger partial charge in [0.15, 0.2) is 0 Å². The van der Waals surface area contributed by atoms with Crippen molar-refractivity contribution in [1.29, 1.82) is 0 Å². The lowest BCUT2D eigenvalue weighted by Crippen LogP contribution is -2.65. The van der Waals surface area contributed by atoms with E-state index < -0.39 is 0 Å². The Morgan fingerprint density at radius 2 is 1.79 bits per heavy atom. The summed E-state index contributed by atoms with van der Waals surface area (Å²) in [6.07, 6.45) is 11.1. The molecule has 5 nitrogen and oxygen atoms in total. The van der Waals surface area contributed by atoms with E-state index in [9.17, 15) is 9.59 Å². The van der Waals surface area contributed by atoms with Gasteiger partial charge in [0.05, 0.1) is 12.5 Å². The van der Waals surface area contributed by atoms with E-state index >= 15 is 0 Å². The number of hydrogen-bond donors (Lipinski definition) is 1. The molecule has 24 heavy (non-hydrogen) atoms. The Morgan fingerprint density at radius 3 is 2.54 bits per heavy atom. The number of hydrogen-bond acceptors (Lipinski definition) is 3. The Bertz CT molecular complexity index is 487. The Kier molecular flexibility index (Phi) is 4.44. The maximum Gasteiger partial charge on any atom is 0.407 e. The minimum absolute atomic E-state index is 0.0654. The van der Waals surface area contributed by atoms with Crippen LogP contribution in [-0.4, -0.2) is 43.1 Å². The minimum Gasteiger partial charge on any atom is -0.450 e. The van der Waals surface area contributed by atoms with Gasteiger partial charge >= 0.3 is 6.09 Å². The molecule has 4 rings (SSSR count). The van der Waals surface area contributed by atoms with Crippen molar-refractivity contribution in [3.63, 3.8) is 0 Å². The van der Waals surface area contributed by atoms with E-state index in [-0.39, 0.29) is 17.9 Å². The Labute approximate surface area is 144 Å². The van der Waals surface area contributed by atoms with Crippen LogP contribution in [-0.2, 0) is 9.53 Å². The highest BCUT2D eigenvalue weighted by atomic mass is 16.5. The molecule has 2 saturated heterocycles. The molecule has 2 aliphatic heterocycles. The van der Waals surface area contributed by atoms with Crippen molar-refractivity contribution >= 4 is 12.0 Å². The first-order valence-electron chi connectivity index (χ1n) is 9.85. The first-order chi connectivity index (χ1) is 11.7. The van der Waals surface area contributed by atoms with Crippen LogP contribution in [0.2, 0.25) is 0 Å². The summed E-state index contributed by atoms with van der Waals surface area (Å²) in [5.74, 6) is 2.07. The summed E-state index contributed by atoms with van der Waals surface area (Å²) in [5.41, 5.74) is 0.450. The van der Waals surface area contributed by atoms with Gasteiger partial charge in [-0.1, -0.05) is 32.1 Å². The summed E-state index contributed by atoms with van der Waals surface area (Å²) in [6.45, 7) is 2.75. The number of rotatable bonds is 2. The molecule has 2 amide bonds. The zero-order valence-corrected chi connectivity index (χ0v) is 14.6. The molecule has 2 heterocycles. The number of carbonyl (C=O) groups is 2. The number of amides is 2. The monoisotopic (exact) mass is 334 g/mol. The fourth-order valence-corrected chi connectivity index (χ4v) is 5.49. The van der Waals surface area contributed by atoms with Gasteiger partial charge in [0.1, 0.15) is 0 Å². The molecular formula is C19H30N2O3. The van der Waals surface area contributed by atoms with Gasteiger partial charge < -0.3 is 15.0 Å². The van der Waals surface area contributed by atoms with Gasteiger partial charge in [0.2, 0.25) is 5.91 Å². The van der Waals surface area contributed by atoms with Crippen molar-refractivity contribution in [2.75, 3.05) is 26.2 Å². The Balaban J connectivity index is 1.24. The van der Waals surface area contributed by atoms with Gasteiger partial charge in [0.25, 0.3) is 0 Å². The largest absolute Gasteiger partial charge is 0.450 e. The summed E-state index contributed by atoms with van der Waals surface area (Å²) >= 11 is 0. The minimum atomic E-state index is -0.387. The van der Waals surface area contributed by atoms with E-state index in [1.807, 2.05) is 4.90 Å². The van der Waals surface area contributed by atoms with Crippen LogP contribution in [0.4, 0.5) is 4.79 Å². The predicted octanol–water partition coefficient (Wildman–Crippen LogP) is 2.94. The highest BCUT2D eigenvalue weighted by Crippen LogP contribution is 2.56. The van der Waals surface area contributed by atoms with Crippen molar-refractivity contribution in [3.8, 4) is 0 Å². The number of nitrogens with one attached hydrogen (secondary N) is 1. The normalized spacial score (nSPS) is 31.2. The highest BCUT2D eigenvalue weighted by Gasteiger charge is 2.55. The molecular weight excluding hydrogens is 304 g/mol. The molecule has 1 spiro atoms. The van der Waals surface area contributed by atoms with Gasteiger partial charge in [-0.25, -0.2) is 4.79 Å². The molecule has 0 bridgehead atoms. The number of carbonyl (C=O) groups excluding carboxylic acids is 2. The smallest absolute Gasteiger partial charge is 0.407 e. The molecule has 1 atom stereocenters. The highest BCUT2D eigenvalue weighted by molar-refractivity contribution is 5.81. The van der Waals surface area contributed by atoms with Gasteiger partial charge in [-0.2, -0.15) is 0 Å². The molecule has 0 aromatic heterocycles. The predicted molar refractivity (Wildman–Crippen MR) is 90.4 cm³/mol. The number of nitrogens with zero attached hydrogens (tertiary/aromatic N) is 1. The fourth-order valence-electron chi connectivity index (χ4n) is 5.49. The van der Waals surface area contributed by atoms with Crippen molar-refractivity contribution in [2.24, 2.45) is 23.2 Å². The molecule has 0 unspecified atom stereocenters. The molecule has 5 heteroatoms. The van der Waals surface area contributed by atoms with Crippen molar-refractivity contribution in [2.45, 2.75) is 57.8 Å². The first kappa shape index (κ1) is 16.2. The second-order valence-electron chi connectivity index (χ2n) is 8.62. The lowest BCUT2D eigenvalue weighted by molar-refractivity contribution is -0.163. The fraction of sp³-hybridized carbons (Fsp3) is 0.895. The summed E-state index contributed by atoms with van der Waals surface area (Å²) in [7, 11) is 0. The zero-order chi connectivity index (χ0) is 16.6. The number of alkyl carbamates (subject to hydrolysis) is 1. The van der Waals surface area contributed by atoms with Crippen LogP contribution in [0.25, 0.3) is 0 Å². The van der Waals surface area contributed by atoms with E-state index in [2.05, 4.69) is 5.32 Å². The maximum atomic E-state index is 12.7. The summed E-state index contributed by atoms with van der Waals surface area (Å²) in [5, 5.41) is 2.71. The van der Waals surface area contributed by atoms with Crippen molar-refractivity contribution in [1.82, 2.24) is 10.2 Å². The SMILES string of the molecule is O=C1NC[C@H](C(=O)N2CC3(CC(C4CCCCC4)C3)C2)CCCO1. The third-order valence-electron chi connectivity index (χ3n) is 6.84. The van der Waals surface area contributed by atoms with E-state index in [1.54, 1.807) is 0 Å². The Hall–Kier alpha value is -1.26. The van der Waals surface area contributed by atoms with Crippen LogP contribution in [0, 0.1) is 23.2 Å². The molecule has 4 aliphatic rings. The molecule has 0 radical (unpaired) electrons. The molecule has 0 aromatic rings. The van der Waals surface area contributed by atoms with Gasteiger partial charge in [-0.05, 0) is 37.5 Å². The molecule has 4 fully saturated rings. The lowest BCUT2D eigenvalue weighted by atomic mass is 9.53. The van der Waals surface area contributed by atoms with Gasteiger partial charge in [-0.15, -0.1) is 0 Å². The van der Waals surface area contributed by atoms with Crippen molar-refractivity contribution in [3.05, 3.63) is 0 Å². The van der Waals surface area contributed by atoms with Crippen LogP contribution in [0.15, 0.2) is 0 Å². The molecule has 2 saturated carbocycles. The average Bonchev–Trinajstić information content (AvgIpc) is 2.49. The number of likely N-dealkylation sites (tertiary alicyclic amines) is 1. The number of cyclic esters (lactones) is 1. The third-order valence-corrected chi connectivity index (χ3v) is 6.84. The average molecular weight is 334 g/mol. The second kappa shape index (κ2) is 6.57. The maximum absolute atomic E-state index is 12.7. The second-order valence-corrected chi connectivity index (χ2v) is 8.62. The van der Waals surface area contributed by atoms with E-state index in [0.717, 1.165) is 37.8 Å². The van der Waals surface area contributed by atoms with Crippen LogP contribution >= 0.6 is 0 Å². The molecule has 134 valence electrons. The molecule has 0 aromatic carbocycles. The third kappa shape index (κ3) is 3.14. The van der Waals surface area contributed by atoms with E-state index in [1.165, 1.54) is 44.9 Å². The summed E-state index contributed by atoms with van der Waals surface area (Å²) in [4.78, 5) is 26.1. The van der Waals surface area contributed by atoms with E-state index in [0.29, 0.717) is 18.6 Å². The van der Waals surface area contributed by atoms with Gasteiger partial charge in [-0.3, -0.25) is 4.79 Å². The van der Waals surface area contributed by atoms with Crippen LogP contribution in [0.3, 0.4) is 0 Å². The van der Waals surface area contributed by atoms with Crippen LogP contribution in [0.1, 0.15) is 57.8 Å². The summed E-state index contributed by atoms with van der Waals surface area (Å²) < 4.78 is 4.97. The number of ether oxygens (including phenoxy) is 1. The zero-order valence-electron chi connectivity index (χ0n) is 14.6. The topological polar surface area (TPSA) is 58.6 Å².